The second kappa shape index (κ2) is 5.84. The zero-order valence-corrected chi connectivity index (χ0v) is 14.8. The molecule has 0 saturated carbocycles. The summed E-state index contributed by atoms with van der Waals surface area (Å²) in [5, 5.41) is 5.53. The minimum atomic E-state index is -1.40. The van der Waals surface area contributed by atoms with Crippen molar-refractivity contribution in [1.82, 2.24) is 5.01 Å². The van der Waals surface area contributed by atoms with Gasteiger partial charge in [0.1, 0.15) is 5.82 Å². The van der Waals surface area contributed by atoms with Crippen molar-refractivity contribution in [2.75, 3.05) is 4.90 Å². The molecule has 0 N–H and O–H groups in total. The summed E-state index contributed by atoms with van der Waals surface area (Å²) >= 11 is 0. The minimum absolute atomic E-state index is 0.109. The quantitative estimate of drug-likeness (QED) is 0.780. The molecule has 0 aromatic heterocycles. The lowest BCUT2D eigenvalue weighted by Crippen LogP contribution is -2.51. The Bertz CT molecular complexity index is 1020. The van der Waals surface area contributed by atoms with Gasteiger partial charge in [-0.25, -0.2) is 14.3 Å². The van der Waals surface area contributed by atoms with E-state index in [2.05, 4.69) is 5.10 Å². The highest BCUT2D eigenvalue weighted by atomic mass is 19.1. The number of hydrogen-bond acceptors (Lipinski definition) is 4. The second-order valence-corrected chi connectivity index (χ2v) is 6.60. The first-order chi connectivity index (χ1) is 12.9. The van der Waals surface area contributed by atoms with Gasteiger partial charge in [-0.15, -0.1) is 0 Å². The average molecular weight is 365 g/mol. The Morgan fingerprint density at radius 2 is 1.70 bits per heavy atom. The number of carbonyl (C=O) groups is 3. The molecule has 136 valence electrons. The van der Waals surface area contributed by atoms with Crippen molar-refractivity contribution in [1.29, 1.82) is 0 Å². The summed E-state index contributed by atoms with van der Waals surface area (Å²) in [4.78, 5) is 39.0. The molecule has 6 nitrogen and oxygen atoms in total. The van der Waals surface area contributed by atoms with Gasteiger partial charge >= 0.3 is 0 Å². The molecule has 0 bridgehead atoms. The SMILES string of the molecule is CC(=O)N1C(=O)[C@]2(CC(c3ccc(F)cc3)=NN2C(C)=O)c2ccccc21. The number of anilines is 1. The van der Waals surface area contributed by atoms with Crippen LogP contribution in [-0.4, -0.2) is 28.4 Å². The van der Waals surface area contributed by atoms with Crippen molar-refractivity contribution < 1.29 is 18.8 Å². The average Bonchev–Trinajstić information content (AvgIpc) is 3.15. The zero-order valence-electron chi connectivity index (χ0n) is 14.8. The summed E-state index contributed by atoms with van der Waals surface area (Å²) in [7, 11) is 0. The smallest absolute Gasteiger partial charge is 0.266 e. The van der Waals surface area contributed by atoms with Crippen molar-refractivity contribution in [2.45, 2.75) is 25.8 Å². The van der Waals surface area contributed by atoms with Crippen LogP contribution in [0.1, 0.15) is 31.4 Å². The number of hydrazone groups is 1. The number of halogens is 1. The Morgan fingerprint density at radius 1 is 1.04 bits per heavy atom. The summed E-state index contributed by atoms with van der Waals surface area (Å²) in [6.45, 7) is 2.63. The van der Waals surface area contributed by atoms with Crippen LogP contribution in [0.2, 0.25) is 0 Å². The third-order valence-electron chi connectivity index (χ3n) is 4.94. The predicted octanol–water partition coefficient (Wildman–Crippen LogP) is 2.57. The molecule has 2 heterocycles. The number of hydrogen-bond donors (Lipinski definition) is 0. The summed E-state index contributed by atoms with van der Waals surface area (Å²) in [6, 6.07) is 12.6. The molecule has 2 aliphatic rings. The third-order valence-corrected chi connectivity index (χ3v) is 4.94. The highest BCUT2D eigenvalue weighted by Gasteiger charge is 2.60. The number of rotatable bonds is 1. The standard InChI is InChI=1S/C20H16FN3O3/c1-12(25)23-18-6-4-3-5-16(18)20(19(23)27)11-17(22-24(20)13(2)26)14-7-9-15(21)10-8-14/h3-10H,11H2,1-2H3/t20-/m0/s1. The normalized spacial score (nSPS) is 20.9. The van der Waals surface area contributed by atoms with Crippen LogP contribution in [0.5, 0.6) is 0 Å². The van der Waals surface area contributed by atoms with Gasteiger partial charge in [-0.3, -0.25) is 14.4 Å². The molecule has 7 heteroatoms. The Labute approximate surface area is 154 Å². The monoisotopic (exact) mass is 365 g/mol. The maximum absolute atomic E-state index is 13.4. The van der Waals surface area contributed by atoms with E-state index in [0.29, 0.717) is 22.5 Å². The Balaban J connectivity index is 1.89. The van der Waals surface area contributed by atoms with Gasteiger partial charge in [0, 0.05) is 25.8 Å². The van der Waals surface area contributed by atoms with E-state index in [4.69, 9.17) is 0 Å². The Hall–Kier alpha value is -3.35. The fraction of sp³-hybridized carbons (Fsp3) is 0.200. The first-order valence-corrected chi connectivity index (χ1v) is 8.45. The van der Waals surface area contributed by atoms with Crippen LogP contribution in [0.15, 0.2) is 53.6 Å². The largest absolute Gasteiger partial charge is 0.274 e. The van der Waals surface area contributed by atoms with Crippen LogP contribution < -0.4 is 4.90 Å². The molecule has 0 saturated heterocycles. The number of imide groups is 1. The van der Waals surface area contributed by atoms with Gasteiger partial charge in [-0.05, 0) is 23.8 Å². The summed E-state index contributed by atoms with van der Waals surface area (Å²) in [6.07, 6.45) is 0.109. The van der Waals surface area contributed by atoms with Crippen LogP contribution in [0.4, 0.5) is 10.1 Å². The fourth-order valence-corrected chi connectivity index (χ4v) is 3.82. The molecular weight excluding hydrogens is 349 g/mol. The number of carbonyl (C=O) groups excluding carboxylic acids is 3. The number of nitrogens with zero attached hydrogens (tertiary/aromatic N) is 3. The van der Waals surface area contributed by atoms with Crippen LogP contribution >= 0.6 is 0 Å². The highest BCUT2D eigenvalue weighted by Crippen LogP contribution is 2.49. The van der Waals surface area contributed by atoms with Crippen LogP contribution in [0, 0.1) is 5.82 Å². The molecule has 0 aliphatic carbocycles. The fourth-order valence-electron chi connectivity index (χ4n) is 3.82. The van der Waals surface area contributed by atoms with E-state index in [0.717, 1.165) is 9.91 Å². The maximum Gasteiger partial charge on any atom is 0.266 e. The summed E-state index contributed by atoms with van der Waals surface area (Å²) in [5.74, 6) is -1.74. The number of para-hydroxylation sites is 1. The summed E-state index contributed by atoms with van der Waals surface area (Å²) < 4.78 is 13.3. The molecule has 3 amide bonds. The Kier molecular flexibility index (Phi) is 3.69. The van der Waals surface area contributed by atoms with E-state index in [1.54, 1.807) is 36.4 Å². The Morgan fingerprint density at radius 3 is 2.33 bits per heavy atom. The third kappa shape index (κ3) is 2.31. The first-order valence-electron chi connectivity index (χ1n) is 8.45. The molecule has 1 atom stereocenters. The van der Waals surface area contributed by atoms with E-state index >= 15 is 0 Å². The van der Waals surface area contributed by atoms with Gasteiger partial charge in [0.15, 0.2) is 5.54 Å². The molecular formula is C20H16FN3O3. The van der Waals surface area contributed by atoms with Crippen molar-refractivity contribution in [2.24, 2.45) is 5.10 Å². The number of amides is 3. The molecule has 2 aromatic carbocycles. The van der Waals surface area contributed by atoms with E-state index in [9.17, 15) is 18.8 Å². The number of fused-ring (bicyclic) bond motifs is 2. The van der Waals surface area contributed by atoms with Crippen molar-refractivity contribution in [3.8, 4) is 0 Å². The van der Waals surface area contributed by atoms with Gasteiger partial charge < -0.3 is 0 Å². The van der Waals surface area contributed by atoms with Gasteiger partial charge in [0.2, 0.25) is 11.8 Å². The first kappa shape index (κ1) is 17.1. The molecule has 0 radical (unpaired) electrons. The maximum atomic E-state index is 13.4. The van der Waals surface area contributed by atoms with Gasteiger partial charge in [0.05, 0.1) is 11.4 Å². The number of benzene rings is 2. The van der Waals surface area contributed by atoms with E-state index in [1.807, 2.05) is 0 Å². The lowest BCUT2D eigenvalue weighted by molar-refractivity contribution is -0.144. The molecule has 1 spiro atoms. The molecule has 27 heavy (non-hydrogen) atoms. The molecule has 2 aliphatic heterocycles. The topological polar surface area (TPSA) is 70.1 Å². The van der Waals surface area contributed by atoms with Crippen molar-refractivity contribution in [3.05, 3.63) is 65.5 Å². The van der Waals surface area contributed by atoms with Gasteiger partial charge in [-0.1, -0.05) is 30.3 Å². The molecule has 4 rings (SSSR count). The predicted molar refractivity (Wildman–Crippen MR) is 96.4 cm³/mol. The van der Waals surface area contributed by atoms with E-state index in [1.165, 1.54) is 26.0 Å². The van der Waals surface area contributed by atoms with Gasteiger partial charge in [-0.2, -0.15) is 5.10 Å². The molecule has 2 aromatic rings. The van der Waals surface area contributed by atoms with E-state index < -0.39 is 23.3 Å². The zero-order chi connectivity index (χ0) is 19.3. The summed E-state index contributed by atoms with van der Waals surface area (Å²) in [5.41, 5.74) is 0.709. The minimum Gasteiger partial charge on any atom is -0.274 e. The highest BCUT2D eigenvalue weighted by molar-refractivity contribution is 6.25. The van der Waals surface area contributed by atoms with Gasteiger partial charge in [0.25, 0.3) is 5.91 Å². The lowest BCUT2D eigenvalue weighted by atomic mass is 9.85. The second-order valence-electron chi connectivity index (χ2n) is 6.60. The van der Waals surface area contributed by atoms with Crippen LogP contribution in [0.25, 0.3) is 0 Å². The van der Waals surface area contributed by atoms with Crippen molar-refractivity contribution in [3.63, 3.8) is 0 Å². The van der Waals surface area contributed by atoms with Crippen LogP contribution in [0.3, 0.4) is 0 Å². The van der Waals surface area contributed by atoms with Crippen molar-refractivity contribution >= 4 is 29.1 Å². The molecule has 0 fully saturated rings. The molecule has 0 unspecified atom stereocenters. The van der Waals surface area contributed by atoms with E-state index in [-0.39, 0.29) is 12.2 Å². The lowest BCUT2D eigenvalue weighted by Gasteiger charge is -2.30. The van der Waals surface area contributed by atoms with Crippen LogP contribution in [-0.2, 0) is 19.9 Å².